The molecule has 176 valence electrons. The number of allylic oxidation sites excluding steroid dienone is 1. The molecule has 10 heteroatoms. The van der Waals surface area contributed by atoms with Crippen LogP contribution in [0, 0.1) is 5.82 Å². The van der Waals surface area contributed by atoms with Crippen LogP contribution in [0.3, 0.4) is 0 Å². The normalized spacial score (nSPS) is 17.5. The summed E-state index contributed by atoms with van der Waals surface area (Å²) in [6.07, 6.45) is 7.87. The summed E-state index contributed by atoms with van der Waals surface area (Å²) in [5, 5.41) is 6.26. The molecule has 35 heavy (non-hydrogen) atoms. The van der Waals surface area contributed by atoms with Gasteiger partial charge in [-0.25, -0.2) is 9.37 Å². The van der Waals surface area contributed by atoms with E-state index in [0.717, 1.165) is 5.69 Å². The lowest BCUT2D eigenvalue weighted by molar-refractivity contribution is 0.0941. The van der Waals surface area contributed by atoms with Crippen molar-refractivity contribution in [1.29, 1.82) is 0 Å². The molecule has 2 aliphatic heterocycles. The van der Waals surface area contributed by atoms with Crippen molar-refractivity contribution in [2.45, 2.75) is 12.3 Å². The fraction of sp³-hybridized carbons (Fsp3) is 0.200. The van der Waals surface area contributed by atoms with Crippen LogP contribution in [0.5, 0.6) is 11.8 Å². The maximum Gasteiger partial charge on any atom is 0.317 e. The van der Waals surface area contributed by atoms with Gasteiger partial charge in [-0.3, -0.25) is 9.78 Å². The number of methoxy groups -OCH3 is 1. The lowest BCUT2D eigenvalue weighted by Gasteiger charge is -2.23. The molecule has 4 bridgehead atoms. The van der Waals surface area contributed by atoms with E-state index >= 15 is 0 Å². The van der Waals surface area contributed by atoms with Gasteiger partial charge in [0.25, 0.3) is 5.91 Å². The molecule has 0 spiro atoms. The molecule has 2 aliphatic rings. The Morgan fingerprint density at radius 2 is 2.14 bits per heavy atom. The van der Waals surface area contributed by atoms with Gasteiger partial charge in [0.1, 0.15) is 17.6 Å². The number of carbonyl (C=O) groups is 1. The molecule has 0 radical (unpaired) electrons. The third-order valence-corrected chi connectivity index (χ3v) is 6.23. The minimum absolute atomic E-state index is 0.00920. The molecule has 0 aliphatic carbocycles. The standard InChI is InChI=1S/C25H21FN6O3/c1-34-23-15(26)6-4-7-16(23)30-22-18-19-13(11-28-24(18)33)5-2-3-10-35-25-29-12-17-20(32-25)14(8-9-27-17)21(22)31-19/h2-4,6-9,12-13,30-31H,5,10-11H2,1H3,(H,28,33)/b3-2+. The number of ether oxygens (including phenoxy) is 2. The van der Waals surface area contributed by atoms with Crippen LogP contribution in [0.25, 0.3) is 22.3 Å². The Hall–Kier alpha value is -4.47. The number of hydrogen-bond acceptors (Lipinski definition) is 7. The highest BCUT2D eigenvalue weighted by Crippen LogP contribution is 2.43. The molecule has 0 saturated heterocycles. The lowest BCUT2D eigenvalue weighted by atomic mass is 9.93. The summed E-state index contributed by atoms with van der Waals surface area (Å²) in [6, 6.07) is 6.64. The second-order valence-electron chi connectivity index (χ2n) is 8.28. The quantitative estimate of drug-likeness (QED) is 0.385. The number of H-pyrrole nitrogens is 1. The van der Waals surface area contributed by atoms with E-state index in [4.69, 9.17) is 9.47 Å². The summed E-state index contributed by atoms with van der Waals surface area (Å²) in [5.41, 5.74) is 4.63. The van der Waals surface area contributed by atoms with Gasteiger partial charge < -0.3 is 25.1 Å². The third-order valence-electron chi connectivity index (χ3n) is 6.23. The largest absolute Gasteiger partial charge is 0.492 e. The van der Waals surface area contributed by atoms with Crippen molar-refractivity contribution < 1.29 is 18.7 Å². The van der Waals surface area contributed by atoms with E-state index in [1.165, 1.54) is 13.2 Å². The molecule has 1 amide bonds. The van der Waals surface area contributed by atoms with Crippen LogP contribution in [0.15, 0.2) is 48.8 Å². The van der Waals surface area contributed by atoms with Crippen LogP contribution >= 0.6 is 0 Å². The van der Waals surface area contributed by atoms with Gasteiger partial charge in [-0.15, -0.1) is 0 Å². The first kappa shape index (κ1) is 21.1. The van der Waals surface area contributed by atoms with Crippen molar-refractivity contribution in [3.8, 4) is 23.0 Å². The van der Waals surface area contributed by atoms with Gasteiger partial charge in [-0.05, 0) is 24.6 Å². The minimum atomic E-state index is -0.512. The summed E-state index contributed by atoms with van der Waals surface area (Å²) >= 11 is 0. The maximum atomic E-state index is 14.5. The number of pyridine rings is 1. The summed E-state index contributed by atoms with van der Waals surface area (Å²) in [6.45, 7) is 0.813. The number of rotatable bonds is 3. The van der Waals surface area contributed by atoms with Crippen molar-refractivity contribution in [3.63, 3.8) is 0 Å². The van der Waals surface area contributed by atoms with Crippen LogP contribution < -0.4 is 20.1 Å². The van der Waals surface area contributed by atoms with E-state index in [-0.39, 0.29) is 23.6 Å². The Balaban J connectivity index is 1.64. The molecule has 0 saturated carbocycles. The smallest absolute Gasteiger partial charge is 0.317 e. The first-order valence-corrected chi connectivity index (χ1v) is 11.2. The SMILES string of the molecule is COc1c(F)cccc1Nc1c2[nH]c3c1C(=O)NCC3C/C=C/COc1ncc3nccc-2c3n1. The summed E-state index contributed by atoms with van der Waals surface area (Å²) in [5.74, 6) is -0.669. The Bertz CT molecular complexity index is 1500. The van der Waals surface area contributed by atoms with Crippen molar-refractivity contribution in [1.82, 2.24) is 25.3 Å². The number of amides is 1. The Morgan fingerprint density at radius 3 is 3.03 bits per heavy atom. The Morgan fingerprint density at radius 1 is 1.23 bits per heavy atom. The number of nitrogens with zero attached hydrogens (tertiary/aromatic N) is 3. The Kier molecular flexibility index (Phi) is 5.05. The van der Waals surface area contributed by atoms with E-state index in [9.17, 15) is 9.18 Å². The molecule has 5 heterocycles. The molecule has 1 unspecified atom stereocenters. The van der Waals surface area contributed by atoms with Crippen molar-refractivity contribution >= 4 is 28.3 Å². The highest BCUT2D eigenvalue weighted by Gasteiger charge is 2.33. The zero-order valence-corrected chi connectivity index (χ0v) is 18.8. The summed E-state index contributed by atoms with van der Waals surface area (Å²) < 4.78 is 25.5. The first-order chi connectivity index (χ1) is 17.1. The molecule has 0 fully saturated rings. The number of aromatic amines is 1. The van der Waals surface area contributed by atoms with Gasteiger partial charge in [0, 0.05) is 29.9 Å². The van der Waals surface area contributed by atoms with Gasteiger partial charge in [-0.1, -0.05) is 18.2 Å². The number of hydrogen-bond donors (Lipinski definition) is 3. The number of carbonyl (C=O) groups excluding carboxylic acids is 1. The number of fused-ring (bicyclic) bond motifs is 3. The molecular weight excluding hydrogens is 451 g/mol. The van der Waals surface area contributed by atoms with E-state index in [1.807, 2.05) is 18.2 Å². The Labute approximate surface area is 199 Å². The van der Waals surface area contributed by atoms with Crippen molar-refractivity contribution in [2.75, 3.05) is 25.6 Å². The number of anilines is 2. The van der Waals surface area contributed by atoms with Gasteiger partial charge in [0.05, 0.1) is 35.9 Å². The molecule has 3 N–H and O–H groups in total. The monoisotopic (exact) mass is 472 g/mol. The van der Waals surface area contributed by atoms with Crippen LogP contribution in [0.1, 0.15) is 28.4 Å². The van der Waals surface area contributed by atoms with E-state index in [2.05, 4.69) is 30.6 Å². The number of para-hydroxylation sites is 1. The van der Waals surface area contributed by atoms with Crippen molar-refractivity contribution in [3.05, 3.63) is 65.9 Å². The average Bonchev–Trinajstić information content (AvgIpc) is 3.24. The number of halogens is 1. The number of nitrogens with one attached hydrogen (secondary N) is 3. The lowest BCUT2D eigenvalue weighted by Crippen LogP contribution is -2.34. The fourth-order valence-electron chi connectivity index (χ4n) is 4.59. The highest BCUT2D eigenvalue weighted by atomic mass is 19.1. The van der Waals surface area contributed by atoms with Crippen LogP contribution in [-0.2, 0) is 0 Å². The molecule has 4 aromatic rings. The number of aromatic nitrogens is 4. The fourth-order valence-corrected chi connectivity index (χ4v) is 4.59. The van der Waals surface area contributed by atoms with Gasteiger partial charge in [0.2, 0.25) is 0 Å². The highest BCUT2D eigenvalue weighted by molar-refractivity contribution is 6.08. The second-order valence-corrected chi connectivity index (χ2v) is 8.28. The van der Waals surface area contributed by atoms with Gasteiger partial charge in [0.15, 0.2) is 11.6 Å². The van der Waals surface area contributed by atoms with Gasteiger partial charge in [-0.2, -0.15) is 4.98 Å². The predicted molar refractivity (Wildman–Crippen MR) is 128 cm³/mol. The van der Waals surface area contributed by atoms with E-state index in [1.54, 1.807) is 24.5 Å². The van der Waals surface area contributed by atoms with E-state index < -0.39 is 5.82 Å². The summed E-state index contributed by atoms with van der Waals surface area (Å²) in [4.78, 5) is 29.9. The molecule has 6 rings (SSSR count). The van der Waals surface area contributed by atoms with Crippen LogP contribution in [0.2, 0.25) is 0 Å². The zero-order valence-electron chi connectivity index (χ0n) is 18.8. The van der Waals surface area contributed by atoms with Crippen LogP contribution in [-0.4, -0.2) is 46.1 Å². The molecule has 9 nitrogen and oxygen atoms in total. The van der Waals surface area contributed by atoms with Gasteiger partial charge >= 0.3 is 6.01 Å². The van der Waals surface area contributed by atoms with Crippen molar-refractivity contribution in [2.24, 2.45) is 0 Å². The molecular formula is C25H21FN6O3. The van der Waals surface area contributed by atoms with Crippen LogP contribution in [0.4, 0.5) is 15.8 Å². The third kappa shape index (κ3) is 3.54. The molecule has 1 atom stereocenters. The molecule has 1 aromatic carbocycles. The first-order valence-electron chi connectivity index (χ1n) is 11.2. The van der Waals surface area contributed by atoms with E-state index in [0.29, 0.717) is 58.8 Å². The predicted octanol–water partition coefficient (Wildman–Crippen LogP) is 4.08. The zero-order chi connectivity index (χ0) is 23.9. The second kappa shape index (κ2) is 8.39. The minimum Gasteiger partial charge on any atom is -0.492 e. The molecule has 3 aromatic heterocycles. The maximum absolute atomic E-state index is 14.5. The topological polar surface area (TPSA) is 114 Å². The average molecular weight is 472 g/mol. The summed E-state index contributed by atoms with van der Waals surface area (Å²) in [7, 11) is 1.40. The number of benzene rings is 1.